The van der Waals surface area contributed by atoms with Crippen molar-refractivity contribution in [2.75, 3.05) is 18.9 Å². The molecule has 0 amide bonds. The summed E-state index contributed by atoms with van der Waals surface area (Å²) < 4.78 is 5.20. The molecule has 0 saturated carbocycles. The molecular weight excluding hydrogens is 252 g/mol. The minimum absolute atomic E-state index is 0.301. The summed E-state index contributed by atoms with van der Waals surface area (Å²) >= 11 is 0. The van der Waals surface area contributed by atoms with Crippen LogP contribution in [0.15, 0.2) is 24.3 Å². The third-order valence-electron chi connectivity index (χ3n) is 3.22. The number of rotatable bonds is 9. The van der Waals surface area contributed by atoms with Gasteiger partial charge in [0.25, 0.3) is 0 Å². The molecule has 1 aromatic rings. The Kier molecular flexibility index (Phi) is 7.73. The zero-order valence-electron chi connectivity index (χ0n) is 12.5. The standard InChI is InChI=1S/C16H26N2O2/c1-3-4-5-6-13(2)18-11-12-20-16(19)14-7-9-15(17)10-8-14/h7-10,13,18H,3-6,11-12,17H2,1-2H3/t13-/m0/s1. The van der Waals surface area contributed by atoms with E-state index in [1.54, 1.807) is 24.3 Å². The zero-order valence-corrected chi connectivity index (χ0v) is 12.5. The van der Waals surface area contributed by atoms with Gasteiger partial charge in [-0.05, 0) is 37.6 Å². The van der Waals surface area contributed by atoms with E-state index in [-0.39, 0.29) is 5.97 Å². The number of hydrogen-bond donors (Lipinski definition) is 2. The number of unbranched alkanes of at least 4 members (excludes halogenated alkanes) is 2. The lowest BCUT2D eigenvalue weighted by atomic mass is 10.1. The molecule has 0 aliphatic rings. The lowest BCUT2D eigenvalue weighted by Gasteiger charge is -2.13. The maximum absolute atomic E-state index is 11.7. The first-order valence-electron chi connectivity index (χ1n) is 7.39. The number of nitrogen functional groups attached to an aromatic ring is 1. The summed E-state index contributed by atoms with van der Waals surface area (Å²) in [6, 6.07) is 7.23. The van der Waals surface area contributed by atoms with Crippen LogP contribution in [0.1, 0.15) is 49.9 Å². The van der Waals surface area contributed by atoms with Crippen molar-refractivity contribution < 1.29 is 9.53 Å². The molecule has 4 heteroatoms. The van der Waals surface area contributed by atoms with Crippen LogP contribution in [0.25, 0.3) is 0 Å². The molecule has 3 N–H and O–H groups in total. The van der Waals surface area contributed by atoms with Gasteiger partial charge in [0.15, 0.2) is 0 Å². The number of nitrogens with two attached hydrogens (primary N) is 1. The maximum Gasteiger partial charge on any atom is 0.338 e. The summed E-state index contributed by atoms with van der Waals surface area (Å²) in [7, 11) is 0. The number of anilines is 1. The third-order valence-corrected chi connectivity index (χ3v) is 3.22. The van der Waals surface area contributed by atoms with Gasteiger partial charge in [-0.2, -0.15) is 0 Å². The van der Waals surface area contributed by atoms with Crippen LogP contribution in [-0.2, 0) is 4.74 Å². The van der Waals surface area contributed by atoms with Gasteiger partial charge >= 0.3 is 5.97 Å². The van der Waals surface area contributed by atoms with Gasteiger partial charge in [-0.3, -0.25) is 0 Å². The molecule has 1 aromatic carbocycles. The fourth-order valence-electron chi connectivity index (χ4n) is 1.95. The fraction of sp³-hybridized carbons (Fsp3) is 0.562. The predicted octanol–water partition coefficient (Wildman–Crippen LogP) is 2.98. The van der Waals surface area contributed by atoms with Crippen LogP contribution in [-0.4, -0.2) is 25.2 Å². The van der Waals surface area contributed by atoms with E-state index in [2.05, 4.69) is 19.2 Å². The van der Waals surface area contributed by atoms with Crippen molar-refractivity contribution in [3.8, 4) is 0 Å². The summed E-state index contributed by atoms with van der Waals surface area (Å²) in [4.78, 5) is 11.7. The van der Waals surface area contributed by atoms with Gasteiger partial charge in [0, 0.05) is 18.3 Å². The Morgan fingerprint density at radius 1 is 1.30 bits per heavy atom. The van der Waals surface area contributed by atoms with Crippen LogP contribution in [0.3, 0.4) is 0 Å². The van der Waals surface area contributed by atoms with E-state index in [4.69, 9.17) is 10.5 Å². The van der Waals surface area contributed by atoms with Crippen molar-refractivity contribution in [3.05, 3.63) is 29.8 Å². The minimum Gasteiger partial charge on any atom is -0.461 e. The molecule has 0 fully saturated rings. The highest BCUT2D eigenvalue weighted by Gasteiger charge is 2.06. The SMILES string of the molecule is CCCCC[C@H](C)NCCOC(=O)c1ccc(N)cc1. The number of esters is 1. The van der Waals surface area contributed by atoms with Gasteiger partial charge < -0.3 is 15.8 Å². The van der Waals surface area contributed by atoms with Crippen LogP contribution in [0, 0.1) is 0 Å². The number of benzene rings is 1. The Hall–Kier alpha value is -1.55. The average Bonchev–Trinajstić information content (AvgIpc) is 2.44. The summed E-state index contributed by atoms with van der Waals surface area (Å²) in [6.45, 7) is 5.45. The molecule has 0 saturated heterocycles. The van der Waals surface area contributed by atoms with Crippen molar-refractivity contribution in [1.82, 2.24) is 5.32 Å². The summed E-state index contributed by atoms with van der Waals surface area (Å²) in [5, 5.41) is 3.36. The van der Waals surface area contributed by atoms with E-state index in [9.17, 15) is 4.79 Å². The molecular formula is C16H26N2O2. The molecule has 0 bridgehead atoms. The third kappa shape index (κ3) is 6.57. The molecule has 4 nitrogen and oxygen atoms in total. The molecule has 0 aliphatic carbocycles. The van der Waals surface area contributed by atoms with E-state index in [1.807, 2.05) is 0 Å². The number of carbonyl (C=O) groups is 1. The molecule has 0 radical (unpaired) electrons. The highest BCUT2D eigenvalue weighted by Crippen LogP contribution is 2.06. The van der Waals surface area contributed by atoms with Crippen LogP contribution in [0.4, 0.5) is 5.69 Å². The first-order chi connectivity index (χ1) is 9.63. The zero-order chi connectivity index (χ0) is 14.8. The second-order valence-corrected chi connectivity index (χ2v) is 5.11. The van der Waals surface area contributed by atoms with Gasteiger partial charge in [0.05, 0.1) is 5.56 Å². The molecule has 0 aromatic heterocycles. The van der Waals surface area contributed by atoms with Gasteiger partial charge in [0.2, 0.25) is 0 Å². The topological polar surface area (TPSA) is 64.3 Å². The van der Waals surface area contributed by atoms with E-state index in [0.29, 0.717) is 30.4 Å². The van der Waals surface area contributed by atoms with E-state index >= 15 is 0 Å². The van der Waals surface area contributed by atoms with E-state index in [1.165, 1.54) is 25.7 Å². The van der Waals surface area contributed by atoms with Crippen LogP contribution >= 0.6 is 0 Å². The molecule has 0 unspecified atom stereocenters. The first kappa shape index (κ1) is 16.5. The summed E-state index contributed by atoms with van der Waals surface area (Å²) in [6.07, 6.45) is 4.93. The van der Waals surface area contributed by atoms with Gasteiger partial charge in [-0.15, -0.1) is 0 Å². The Bertz CT molecular complexity index is 390. The Balaban J connectivity index is 2.14. The Morgan fingerprint density at radius 3 is 2.65 bits per heavy atom. The molecule has 20 heavy (non-hydrogen) atoms. The number of ether oxygens (including phenoxy) is 1. The fourth-order valence-corrected chi connectivity index (χ4v) is 1.95. The van der Waals surface area contributed by atoms with Crippen LogP contribution in [0.5, 0.6) is 0 Å². The lowest BCUT2D eigenvalue weighted by Crippen LogP contribution is -2.30. The monoisotopic (exact) mass is 278 g/mol. The summed E-state index contributed by atoms with van der Waals surface area (Å²) in [5.41, 5.74) is 6.75. The first-order valence-corrected chi connectivity index (χ1v) is 7.39. The van der Waals surface area contributed by atoms with Gasteiger partial charge in [-0.1, -0.05) is 26.2 Å². The van der Waals surface area contributed by atoms with Crippen molar-refractivity contribution in [2.24, 2.45) is 0 Å². The molecule has 1 rings (SSSR count). The van der Waals surface area contributed by atoms with Crippen molar-refractivity contribution in [1.29, 1.82) is 0 Å². The highest BCUT2D eigenvalue weighted by atomic mass is 16.5. The second kappa shape index (κ2) is 9.37. The van der Waals surface area contributed by atoms with E-state index < -0.39 is 0 Å². The summed E-state index contributed by atoms with van der Waals surface area (Å²) in [5.74, 6) is -0.301. The van der Waals surface area contributed by atoms with Gasteiger partial charge in [0.1, 0.15) is 6.61 Å². The molecule has 0 spiro atoms. The van der Waals surface area contributed by atoms with Crippen molar-refractivity contribution >= 4 is 11.7 Å². The van der Waals surface area contributed by atoms with Crippen molar-refractivity contribution in [3.63, 3.8) is 0 Å². The molecule has 0 aliphatic heterocycles. The largest absolute Gasteiger partial charge is 0.461 e. The van der Waals surface area contributed by atoms with Gasteiger partial charge in [-0.25, -0.2) is 4.79 Å². The smallest absolute Gasteiger partial charge is 0.338 e. The minimum atomic E-state index is -0.301. The lowest BCUT2D eigenvalue weighted by molar-refractivity contribution is 0.0506. The normalized spacial score (nSPS) is 12.1. The number of carbonyl (C=O) groups excluding carboxylic acids is 1. The average molecular weight is 278 g/mol. The predicted molar refractivity (Wildman–Crippen MR) is 82.7 cm³/mol. The van der Waals surface area contributed by atoms with Crippen LogP contribution in [0.2, 0.25) is 0 Å². The van der Waals surface area contributed by atoms with Crippen molar-refractivity contribution in [2.45, 2.75) is 45.6 Å². The Morgan fingerprint density at radius 2 is 2.00 bits per heavy atom. The number of nitrogens with one attached hydrogen (secondary N) is 1. The second-order valence-electron chi connectivity index (χ2n) is 5.11. The molecule has 0 heterocycles. The van der Waals surface area contributed by atoms with E-state index in [0.717, 1.165) is 0 Å². The van der Waals surface area contributed by atoms with Crippen LogP contribution < -0.4 is 11.1 Å². The number of hydrogen-bond acceptors (Lipinski definition) is 4. The molecule has 112 valence electrons. The highest BCUT2D eigenvalue weighted by molar-refractivity contribution is 5.89. The molecule has 1 atom stereocenters. The quantitative estimate of drug-likeness (QED) is 0.414. The Labute approximate surface area is 121 Å². The maximum atomic E-state index is 11.7.